The molecule has 1 aromatic heterocycles. The average molecular weight is 236 g/mol. The predicted octanol–water partition coefficient (Wildman–Crippen LogP) is 3.51. The second-order valence-corrected chi connectivity index (χ2v) is 3.81. The average Bonchev–Trinajstić information content (AvgIpc) is 2.34. The van der Waals surface area contributed by atoms with Gasteiger partial charge in [-0.25, -0.2) is 13.8 Å². The van der Waals surface area contributed by atoms with Gasteiger partial charge in [-0.05, 0) is 37.1 Å². The van der Waals surface area contributed by atoms with Crippen LogP contribution in [0.5, 0.6) is 0 Å². The highest BCUT2D eigenvalue weighted by Crippen LogP contribution is 2.24. The minimum Gasteiger partial charge on any atom is -0.370 e. The van der Waals surface area contributed by atoms with Gasteiger partial charge in [0.15, 0.2) is 11.6 Å². The van der Waals surface area contributed by atoms with Crippen molar-refractivity contribution in [1.29, 1.82) is 0 Å². The van der Waals surface area contributed by atoms with Crippen molar-refractivity contribution >= 4 is 16.7 Å². The fourth-order valence-electron chi connectivity index (χ4n) is 1.81. The van der Waals surface area contributed by atoms with Crippen LogP contribution in [0.15, 0.2) is 18.2 Å². The third-order valence-electron chi connectivity index (χ3n) is 2.68. The van der Waals surface area contributed by atoms with Crippen molar-refractivity contribution in [3.63, 3.8) is 0 Å². The van der Waals surface area contributed by atoms with Crippen LogP contribution in [0.1, 0.15) is 19.4 Å². The van der Waals surface area contributed by atoms with Crippen molar-refractivity contribution in [2.45, 2.75) is 20.3 Å². The third kappa shape index (κ3) is 2.07. The van der Waals surface area contributed by atoms with Crippen molar-refractivity contribution < 1.29 is 8.78 Å². The molecule has 0 unspecified atom stereocenters. The van der Waals surface area contributed by atoms with Crippen LogP contribution >= 0.6 is 0 Å². The van der Waals surface area contributed by atoms with E-state index in [1.807, 2.05) is 19.9 Å². The molecule has 1 N–H and O–H groups in total. The molecule has 2 aromatic rings. The Kier molecular flexibility index (Phi) is 3.22. The standard InChI is InChI=1S/C13H14F2N2/c1-3-8-7-9-5-6-10(14)11(15)12(9)17-13(8)16-4-2/h5-7H,3-4H2,1-2H3,(H,16,17). The molecule has 1 heterocycles. The summed E-state index contributed by atoms with van der Waals surface area (Å²) in [7, 11) is 0. The number of rotatable bonds is 3. The van der Waals surface area contributed by atoms with E-state index in [1.54, 1.807) is 6.07 Å². The lowest BCUT2D eigenvalue weighted by Crippen LogP contribution is -2.04. The molecule has 2 rings (SSSR count). The number of hydrogen-bond donors (Lipinski definition) is 1. The van der Waals surface area contributed by atoms with E-state index in [0.29, 0.717) is 17.7 Å². The molecule has 0 aliphatic heterocycles. The Morgan fingerprint density at radius 1 is 1.24 bits per heavy atom. The summed E-state index contributed by atoms with van der Waals surface area (Å²) in [5.74, 6) is -1.12. The number of hydrogen-bond acceptors (Lipinski definition) is 2. The number of fused-ring (bicyclic) bond motifs is 1. The lowest BCUT2D eigenvalue weighted by molar-refractivity contribution is 0.515. The van der Waals surface area contributed by atoms with E-state index in [1.165, 1.54) is 0 Å². The molecular formula is C13H14F2N2. The first kappa shape index (κ1) is 11.8. The van der Waals surface area contributed by atoms with Crippen molar-refractivity contribution in [2.24, 2.45) is 0 Å². The molecule has 4 heteroatoms. The number of pyridine rings is 1. The molecule has 0 saturated heterocycles. The molecule has 1 aromatic carbocycles. The van der Waals surface area contributed by atoms with Crippen LogP contribution in [-0.2, 0) is 6.42 Å². The molecule has 90 valence electrons. The highest BCUT2D eigenvalue weighted by atomic mass is 19.2. The zero-order chi connectivity index (χ0) is 12.4. The number of anilines is 1. The Bertz CT molecular complexity index is 553. The molecule has 0 amide bonds. The number of halogens is 2. The summed E-state index contributed by atoms with van der Waals surface area (Å²) in [4.78, 5) is 4.17. The van der Waals surface area contributed by atoms with Gasteiger partial charge in [-0.1, -0.05) is 6.92 Å². The molecule has 2 nitrogen and oxygen atoms in total. The van der Waals surface area contributed by atoms with Gasteiger partial charge in [0.05, 0.1) is 0 Å². The first-order valence-electron chi connectivity index (χ1n) is 5.68. The van der Waals surface area contributed by atoms with Crippen molar-refractivity contribution in [3.05, 3.63) is 35.4 Å². The Morgan fingerprint density at radius 2 is 2.00 bits per heavy atom. The van der Waals surface area contributed by atoms with Crippen molar-refractivity contribution in [1.82, 2.24) is 4.98 Å². The van der Waals surface area contributed by atoms with Crippen LogP contribution in [0.25, 0.3) is 10.9 Å². The summed E-state index contributed by atoms with van der Waals surface area (Å²) in [6.45, 7) is 4.64. The zero-order valence-electron chi connectivity index (χ0n) is 9.85. The van der Waals surface area contributed by atoms with E-state index in [2.05, 4.69) is 10.3 Å². The summed E-state index contributed by atoms with van der Waals surface area (Å²) in [6.07, 6.45) is 0.796. The topological polar surface area (TPSA) is 24.9 Å². The number of aryl methyl sites for hydroxylation is 1. The number of aromatic nitrogens is 1. The Morgan fingerprint density at radius 3 is 2.65 bits per heavy atom. The van der Waals surface area contributed by atoms with Gasteiger partial charge in [-0.2, -0.15) is 0 Å². The third-order valence-corrected chi connectivity index (χ3v) is 2.68. The highest BCUT2D eigenvalue weighted by molar-refractivity contribution is 5.82. The monoisotopic (exact) mass is 236 g/mol. The van der Waals surface area contributed by atoms with E-state index >= 15 is 0 Å². The summed E-state index contributed by atoms with van der Waals surface area (Å²) in [6, 6.07) is 4.53. The molecule has 0 spiro atoms. The lowest BCUT2D eigenvalue weighted by atomic mass is 10.1. The van der Waals surface area contributed by atoms with Gasteiger partial charge in [0.1, 0.15) is 11.3 Å². The minimum absolute atomic E-state index is 0.0816. The first-order valence-corrected chi connectivity index (χ1v) is 5.68. The second-order valence-electron chi connectivity index (χ2n) is 3.81. The summed E-state index contributed by atoms with van der Waals surface area (Å²) in [5, 5.41) is 3.69. The van der Waals surface area contributed by atoms with Gasteiger partial charge < -0.3 is 5.32 Å². The fraction of sp³-hybridized carbons (Fsp3) is 0.308. The van der Waals surface area contributed by atoms with Gasteiger partial charge >= 0.3 is 0 Å². The van der Waals surface area contributed by atoms with Crippen LogP contribution in [0, 0.1) is 11.6 Å². The quantitative estimate of drug-likeness (QED) is 0.882. The number of benzene rings is 1. The second kappa shape index (κ2) is 4.65. The molecule has 0 aliphatic carbocycles. The highest BCUT2D eigenvalue weighted by Gasteiger charge is 2.11. The smallest absolute Gasteiger partial charge is 0.185 e. The summed E-state index contributed by atoms with van der Waals surface area (Å²) < 4.78 is 26.7. The first-order chi connectivity index (χ1) is 8.17. The normalized spacial score (nSPS) is 10.8. The largest absolute Gasteiger partial charge is 0.370 e. The number of nitrogens with zero attached hydrogens (tertiary/aromatic N) is 1. The van der Waals surface area contributed by atoms with Crippen LogP contribution in [-0.4, -0.2) is 11.5 Å². The summed E-state index contributed by atoms with van der Waals surface area (Å²) >= 11 is 0. The maximum atomic E-state index is 13.6. The molecule has 0 radical (unpaired) electrons. The zero-order valence-corrected chi connectivity index (χ0v) is 9.85. The van der Waals surface area contributed by atoms with E-state index in [-0.39, 0.29) is 5.52 Å². The summed E-state index contributed by atoms with van der Waals surface area (Å²) in [5.41, 5.74) is 1.09. The molecule has 0 bridgehead atoms. The van der Waals surface area contributed by atoms with Gasteiger partial charge in [0, 0.05) is 11.9 Å². The van der Waals surface area contributed by atoms with Gasteiger partial charge in [0.25, 0.3) is 0 Å². The van der Waals surface area contributed by atoms with Crippen LogP contribution in [0.3, 0.4) is 0 Å². The molecule has 17 heavy (non-hydrogen) atoms. The molecular weight excluding hydrogens is 222 g/mol. The van der Waals surface area contributed by atoms with Gasteiger partial charge in [-0.3, -0.25) is 0 Å². The van der Waals surface area contributed by atoms with Crippen LogP contribution in [0.4, 0.5) is 14.6 Å². The Balaban J connectivity index is 2.70. The van der Waals surface area contributed by atoms with Crippen LogP contribution < -0.4 is 5.32 Å². The van der Waals surface area contributed by atoms with E-state index in [4.69, 9.17) is 0 Å². The maximum Gasteiger partial charge on any atom is 0.185 e. The molecule has 0 atom stereocenters. The SMILES string of the molecule is CCNc1nc2c(F)c(F)ccc2cc1CC. The fourth-order valence-corrected chi connectivity index (χ4v) is 1.81. The van der Waals surface area contributed by atoms with Crippen LogP contribution in [0.2, 0.25) is 0 Å². The van der Waals surface area contributed by atoms with E-state index in [0.717, 1.165) is 18.1 Å². The Hall–Kier alpha value is -1.71. The van der Waals surface area contributed by atoms with Gasteiger partial charge in [0.2, 0.25) is 0 Å². The Labute approximate surface area is 98.7 Å². The molecule has 0 saturated carbocycles. The lowest BCUT2D eigenvalue weighted by Gasteiger charge is -2.10. The van der Waals surface area contributed by atoms with Crippen molar-refractivity contribution in [2.75, 3.05) is 11.9 Å². The molecule has 0 fully saturated rings. The van der Waals surface area contributed by atoms with E-state index in [9.17, 15) is 8.78 Å². The van der Waals surface area contributed by atoms with Gasteiger partial charge in [-0.15, -0.1) is 0 Å². The minimum atomic E-state index is -0.885. The molecule has 0 aliphatic rings. The number of nitrogens with one attached hydrogen (secondary N) is 1. The van der Waals surface area contributed by atoms with Crippen molar-refractivity contribution in [3.8, 4) is 0 Å². The van der Waals surface area contributed by atoms with E-state index < -0.39 is 11.6 Å². The predicted molar refractivity (Wildman–Crippen MR) is 65.2 cm³/mol. The maximum absolute atomic E-state index is 13.6.